The van der Waals surface area contributed by atoms with E-state index in [0.717, 1.165) is 4.88 Å². The number of thiophene rings is 1. The summed E-state index contributed by atoms with van der Waals surface area (Å²) in [7, 11) is 0. The predicted molar refractivity (Wildman–Crippen MR) is 67.9 cm³/mol. The van der Waals surface area contributed by atoms with Gasteiger partial charge in [-0.1, -0.05) is 13.8 Å². The molecule has 17 heavy (non-hydrogen) atoms. The van der Waals surface area contributed by atoms with Crippen LogP contribution in [0.2, 0.25) is 0 Å². The first-order valence-electron chi connectivity index (χ1n) is 5.89. The Labute approximate surface area is 105 Å². The van der Waals surface area contributed by atoms with Crippen molar-refractivity contribution in [1.82, 2.24) is 5.32 Å². The second-order valence-electron chi connectivity index (χ2n) is 4.94. The standard InChI is InChI=1S/C13H17NO2S/c1-7(2)12-9(6-11(15)14-13(12)16)10-5-4-8(3)17-10/h4-5,7,9,12H,6H2,1-3H3,(H,14,15,16). The first-order valence-corrected chi connectivity index (χ1v) is 6.70. The van der Waals surface area contributed by atoms with Crippen molar-refractivity contribution < 1.29 is 9.59 Å². The van der Waals surface area contributed by atoms with Crippen LogP contribution in [0.3, 0.4) is 0 Å². The average molecular weight is 251 g/mol. The third-order valence-corrected chi connectivity index (χ3v) is 4.38. The summed E-state index contributed by atoms with van der Waals surface area (Å²) in [4.78, 5) is 25.8. The molecule has 92 valence electrons. The minimum Gasteiger partial charge on any atom is -0.296 e. The molecule has 0 aromatic carbocycles. The highest BCUT2D eigenvalue weighted by molar-refractivity contribution is 7.12. The summed E-state index contributed by atoms with van der Waals surface area (Å²) in [6.07, 6.45) is 0.425. The van der Waals surface area contributed by atoms with E-state index in [2.05, 4.69) is 5.32 Å². The van der Waals surface area contributed by atoms with Crippen LogP contribution in [0.1, 0.15) is 35.9 Å². The molecule has 0 spiro atoms. The van der Waals surface area contributed by atoms with Crippen molar-refractivity contribution in [2.75, 3.05) is 0 Å². The van der Waals surface area contributed by atoms with Gasteiger partial charge in [0.2, 0.25) is 11.8 Å². The van der Waals surface area contributed by atoms with Crippen molar-refractivity contribution in [2.24, 2.45) is 11.8 Å². The van der Waals surface area contributed by atoms with Crippen LogP contribution in [0, 0.1) is 18.8 Å². The van der Waals surface area contributed by atoms with E-state index in [1.54, 1.807) is 11.3 Å². The van der Waals surface area contributed by atoms with E-state index in [0.29, 0.717) is 6.42 Å². The van der Waals surface area contributed by atoms with Gasteiger partial charge in [0.15, 0.2) is 0 Å². The van der Waals surface area contributed by atoms with Crippen molar-refractivity contribution in [1.29, 1.82) is 0 Å². The first kappa shape index (κ1) is 12.3. The van der Waals surface area contributed by atoms with E-state index >= 15 is 0 Å². The zero-order chi connectivity index (χ0) is 12.6. The highest BCUT2D eigenvalue weighted by Gasteiger charge is 2.39. The Balaban J connectivity index is 2.33. The smallest absolute Gasteiger partial charge is 0.230 e. The Morgan fingerprint density at radius 1 is 1.35 bits per heavy atom. The van der Waals surface area contributed by atoms with E-state index in [-0.39, 0.29) is 29.6 Å². The highest BCUT2D eigenvalue weighted by Crippen LogP contribution is 2.38. The summed E-state index contributed by atoms with van der Waals surface area (Å²) < 4.78 is 0. The van der Waals surface area contributed by atoms with E-state index in [4.69, 9.17) is 0 Å². The predicted octanol–water partition coefficient (Wildman–Crippen LogP) is 2.46. The molecule has 1 aromatic rings. The van der Waals surface area contributed by atoms with Gasteiger partial charge in [0.05, 0.1) is 0 Å². The molecule has 2 atom stereocenters. The lowest BCUT2D eigenvalue weighted by Gasteiger charge is -2.32. The molecule has 2 rings (SSSR count). The number of aryl methyl sites for hydroxylation is 1. The maximum absolute atomic E-state index is 11.9. The van der Waals surface area contributed by atoms with Crippen molar-refractivity contribution in [3.63, 3.8) is 0 Å². The quantitative estimate of drug-likeness (QED) is 0.821. The van der Waals surface area contributed by atoms with Gasteiger partial charge in [-0.05, 0) is 25.0 Å². The number of carbonyl (C=O) groups is 2. The second-order valence-corrected chi connectivity index (χ2v) is 6.26. The van der Waals surface area contributed by atoms with Gasteiger partial charge in [0.25, 0.3) is 0 Å². The lowest BCUT2D eigenvalue weighted by molar-refractivity contribution is -0.138. The van der Waals surface area contributed by atoms with Crippen molar-refractivity contribution in [2.45, 2.75) is 33.1 Å². The molecule has 4 heteroatoms. The Morgan fingerprint density at radius 2 is 2.06 bits per heavy atom. The Kier molecular flexibility index (Phi) is 3.33. The van der Waals surface area contributed by atoms with Crippen LogP contribution in [-0.2, 0) is 9.59 Å². The van der Waals surface area contributed by atoms with E-state index in [1.165, 1.54) is 4.88 Å². The normalized spacial score (nSPS) is 25.2. The van der Waals surface area contributed by atoms with Gasteiger partial charge in [0, 0.05) is 28.0 Å². The minimum absolute atomic E-state index is 0.0509. The number of hydrogen-bond donors (Lipinski definition) is 1. The molecule has 1 aliphatic rings. The molecule has 2 unspecified atom stereocenters. The lowest BCUT2D eigenvalue weighted by atomic mass is 9.77. The average Bonchev–Trinajstić information content (AvgIpc) is 2.62. The number of amides is 2. The van der Waals surface area contributed by atoms with Gasteiger partial charge in [-0.3, -0.25) is 14.9 Å². The summed E-state index contributed by atoms with van der Waals surface area (Å²) >= 11 is 1.69. The highest BCUT2D eigenvalue weighted by atomic mass is 32.1. The number of carbonyl (C=O) groups excluding carboxylic acids is 2. The topological polar surface area (TPSA) is 46.2 Å². The molecule has 0 aliphatic carbocycles. The van der Waals surface area contributed by atoms with Gasteiger partial charge in [-0.25, -0.2) is 0 Å². The molecule has 0 bridgehead atoms. The molecular weight excluding hydrogens is 234 g/mol. The van der Waals surface area contributed by atoms with Crippen molar-refractivity contribution in [3.05, 3.63) is 21.9 Å². The molecule has 1 N–H and O–H groups in total. The van der Waals surface area contributed by atoms with Crippen LogP contribution in [0.4, 0.5) is 0 Å². The van der Waals surface area contributed by atoms with Gasteiger partial charge in [-0.2, -0.15) is 0 Å². The maximum Gasteiger partial charge on any atom is 0.230 e. The zero-order valence-corrected chi connectivity index (χ0v) is 11.1. The third-order valence-electron chi connectivity index (χ3n) is 3.25. The van der Waals surface area contributed by atoms with E-state index < -0.39 is 0 Å². The minimum atomic E-state index is -0.150. The van der Waals surface area contributed by atoms with Crippen molar-refractivity contribution >= 4 is 23.2 Å². The largest absolute Gasteiger partial charge is 0.296 e. The number of imide groups is 1. The maximum atomic E-state index is 11.9. The molecule has 2 heterocycles. The van der Waals surface area contributed by atoms with Crippen LogP contribution in [0.25, 0.3) is 0 Å². The van der Waals surface area contributed by atoms with Gasteiger partial charge >= 0.3 is 0 Å². The monoisotopic (exact) mass is 251 g/mol. The van der Waals surface area contributed by atoms with Gasteiger partial charge < -0.3 is 0 Å². The SMILES string of the molecule is Cc1ccc(C2CC(=O)NC(=O)C2C(C)C)s1. The van der Waals surface area contributed by atoms with Crippen LogP contribution in [0.5, 0.6) is 0 Å². The Hall–Kier alpha value is -1.16. The Morgan fingerprint density at radius 3 is 2.59 bits per heavy atom. The van der Waals surface area contributed by atoms with Gasteiger partial charge in [0.1, 0.15) is 0 Å². The summed E-state index contributed by atoms with van der Waals surface area (Å²) in [5, 5.41) is 2.44. The first-order chi connectivity index (χ1) is 7.99. The second kappa shape index (κ2) is 4.61. The fraction of sp³-hybridized carbons (Fsp3) is 0.538. The third kappa shape index (κ3) is 2.41. The lowest BCUT2D eigenvalue weighted by Crippen LogP contribution is -2.46. The molecular formula is C13H17NO2S. The summed E-state index contributed by atoms with van der Waals surface area (Å²) in [6.45, 7) is 6.12. The molecule has 1 fully saturated rings. The fourth-order valence-corrected chi connectivity index (χ4v) is 3.50. The molecule has 2 amide bonds. The molecule has 1 aliphatic heterocycles. The number of piperidine rings is 1. The number of rotatable bonds is 2. The fourth-order valence-electron chi connectivity index (χ4n) is 2.48. The van der Waals surface area contributed by atoms with Crippen LogP contribution >= 0.6 is 11.3 Å². The number of hydrogen-bond acceptors (Lipinski definition) is 3. The molecule has 1 aromatic heterocycles. The van der Waals surface area contributed by atoms with E-state index in [9.17, 15) is 9.59 Å². The summed E-state index contributed by atoms with van der Waals surface area (Å²) in [5.74, 6) is -0.0635. The summed E-state index contributed by atoms with van der Waals surface area (Å²) in [5.41, 5.74) is 0. The molecule has 0 saturated carbocycles. The van der Waals surface area contributed by atoms with Crippen LogP contribution in [0.15, 0.2) is 12.1 Å². The molecule has 1 saturated heterocycles. The summed E-state index contributed by atoms with van der Waals surface area (Å²) in [6, 6.07) is 4.10. The van der Waals surface area contributed by atoms with Crippen LogP contribution in [-0.4, -0.2) is 11.8 Å². The molecule has 3 nitrogen and oxygen atoms in total. The van der Waals surface area contributed by atoms with Gasteiger partial charge in [-0.15, -0.1) is 11.3 Å². The van der Waals surface area contributed by atoms with Crippen molar-refractivity contribution in [3.8, 4) is 0 Å². The zero-order valence-electron chi connectivity index (χ0n) is 10.3. The molecule has 0 radical (unpaired) electrons. The van der Waals surface area contributed by atoms with E-state index in [1.807, 2.05) is 32.9 Å². The Bertz CT molecular complexity index is 450. The number of nitrogens with one attached hydrogen (secondary N) is 1. The van der Waals surface area contributed by atoms with Crippen LogP contribution < -0.4 is 5.32 Å².